The molecular weight excluding hydrogens is 296 g/mol. The largest absolute Gasteiger partial charge is 0.372 e. The van der Waals surface area contributed by atoms with E-state index in [-0.39, 0.29) is 11.4 Å². The maximum absolute atomic E-state index is 9.15. The van der Waals surface area contributed by atoms with Gasteiger partial charge in [0.25, 0.3) is 0 Å². The molecule has 2 aromatic heterocycles. The summed E-state index contributed by atoms with van der Waals surface area (Å²) in [6.07, 6.45) is 1.55. The first kappa shape index (κ1) is 13.4. The number of imidazole rings is 1. The van der Waals surface area contributed by atoms with Gasteiger partial charge in [-0.2, -0.15) is 10.5 Å². The Morgan fingerprint density at radius 3 is 3.26 bits per heavy atom. The van der Waals surface area contributed by atoms with Crippen molar-refractivity contribution in [2.24, 2.45) is 0 Å². The molecule has 3 aromatic rings. The molecule has 2 N–H and O–H groups in total. The minimum Gasteiger partial charge on any atom is -0.372 e. The second-order valence-corrected chi connectivity index (χ2v) is 4.99. The van der Waals surface area contributed by atoms with Crippen LogP contribution in [0.1, 0.15) is 11.6 Å². The number of nitriles is 1. The number of nitrogens with zero attached hydrogens (tertiary/aromatic N) is 6. The van der Waals surface area contributed by atoms with Crippen LogP contribution < -0.4 is 5.32 Å². The Bertz CT molecular complexity index is 918. The fourth-order valence-corrected chi connectivity index (χ4v) is 2.53. The Morgan fingerprint density at radius 2 is 2.43 bits per heavy atom. The van der Waals surface area contributed by atoms with Crippen LogP contribution in [0.15, 0.2) is 24.4 Å². The van der Waals surface area contributed by atoms with E-state index < -0.39 is 0 Å². The Kier molecular flexibility index (Phi) is 3.21. The molecule has 3 heterocycles. The summed E-state index contributed by atoms with van der Waals surface area (Å²) >= 11 is 0. The maximum atomic E-state index is 9.15. The molecular formula is C14H12N8O. The van der Waals surface area contributed by atoms with Gasteiger partial charge in [0.1, 0.15) is 24.1 Å². The van der Waals surface area contributed by atoms with Crippen molar-refractivity contribution in [1.29, 1.82) is 5.26 Å². The molecule has 0 bridgehead atoms. The molecule has 0 radical (unpaired) electrons. The highest BCUT2D eigenvalue weighted by atomic mass is 16.5. The molecule has 114 valence electrons. The predicted octanol–water partition coefficient (Wildman–Crippen LogP) is 1.06. The predicted molar refractivity (Wildman–Crippen MR) is 80.8 cm³/mol. The molecule has 4 rings (SSSR count). The van der Waals surface area contributed by atoms with Crippen LogP contribution in [-0.4, -0.2) is 36.8 Å². The van der Waals surface area contributed by atoms with Crippen molar-refractivity contribution >= 4 is 22.3 Å². The minimum absolute atomic E-state index is 0.246. The quantitative estimate of drug-likeness (QED) is 0.694. The van der Waals surface area contributed by atoms with Crippen LogP contribution in [0, 0.1) is 11.3 Å². The van der Waals surface area contributed by atoms with Gasteiger partial charge in [0.05, 0.1) is 17.6 Å². The van der Waals surface area contributed by atoms with E-state index in [1.165, 1.54) is 0 Å². The summed E-state index contributed by atoms with van der Waals surface area (Å²) in [4.78, 5) is 4.58. The van der Waals surface area contributed by atoms with E-state index in [0.29, 0.717) is 13.2 Å². The number of fused-ring (bicyclic) bond motifs is 3. The van der Waals surface area contributed by atoms with E-state index in [4.69, 9.17) is 10.00 Å². The number of rotatable bonds is 3. The van der Waals surface area contributed by atoms with Crippen molar-refractivity contribution in [3.8, 4) is 6.07 Å². The molecule has 0 atom stereocenters. The monoisotopic (exact) mass is 308 g/mol. The number of aromatic amines is 1. The van der Waals surface area contributed by atoms with Gasteiger partial charge in [-0.25, -0.2) is 4.98 Å². The van der Waals surface area contributed by atoms with Gasteiger partial charge in [-0.1, -0.05) is 0 Å². The summed E-state index contributed by atoms with van der Waals surface area (Å²) in [5.41, 5.74) is 3.08. The van der Waals surface area contributed by atoms with Gasteiger partial charge in [0.15, 0.2) is 0 Å². The summed E-state index contributed by atoms with van der Waals surface area (Å²) < 4.78 is 7.59. The van der Waals surface area contributed by atoms with Crippen molar-refractivity contribution in [3.05, 3.63) is 36.0 Å². The van der Waals surface area contributed by atoms with Gasteiger partial charge in [-0.05, 0) is 23.4 Å². The highest BCUT2D eigenvalue weighted by molar-refractivity contribution is 5.81. The number of aromatic nitrogens is 6. The second kappa shape index (κ2) is 5.51. The standard InChI is InChI=1S/C14H12N8O/c15-6-9(14-18-20-21-19-14)7-16-10-1-2-12-11(5-10)17-13-8-23-4-3-22(12)13/h1-2,5,7,16H,3-4,8H2,(H,18,19,20,21). The summed E-state index contributed by atoms with van der Waals surface area (Å²) in [6.45, 7) is 2.06. The first-order valence-electron chi connectivity index (χ1n) is 7.02. The Balaban J connectivity index is 1.64. The summed E-state index contributed by atoms with van der Waals surface area (Å²) in [5.74, 6) is 1.18. The lowest BCUT2D eigenvalue weighted by Crippen LogP contribution is -2.16. The maximum Gasteiger partial charge on any atom is 0.216 e. The fourth-order valence-electron chi connectivity index (χ4n) is 2.53. The van der Waals surface area contributed by atoms with E-state index >= 15 is 0 Å². The number of nitrogens with one attached hydrogen (secondary N) is 2. The molecule has 0 saturated carbocycles. The molecule has 0 spiro atoms. The minimum atomic E-state index is 0.246. The topological polar surface area (TPSA) is 117 Å². The summed E-state index contributed by atoms with van der Waals surface area (Å²) in [6, 6.07) is 7.91. The van der Waals surface area contributed by atoms with Crippen LogP contribution >= 0.6 is 0 Å². The number of H-pyrrole nitrogens is 1. The number of benzene rings is 1. The number of allylic oxidation sites excluding steroid dienone is 1. The van der Waals surface area contributed by atoms with Crippen LogP contribution in [0.5, 0.6) is 0 Å². The molecule has 23 heavy (non-hydrogen) atoms. The number of hydrogen-bond acceptors (Lipinski definition) is 7. The third kappa shape index (κ3) is 2.41. The molecule has 0 aliphatic carbocycles. The van der Waals surface area contributed by atoms with Crippen molar-refractivity contribution in [2.45, 2.75) is 13.2 Å². The fraction of sp³-hybridized carbons (Fsp3) is 0.214. The van der Waals surface area contributed by atoms with Crippen LogP contribution in [-0.2, 0) is 17.9 Å². The van der Waals surface area contributed by atoms with Crippen LogP contribution in [0.4, 0.5) is 5.69 Å². The SMILES string of the molecule is N#CC(=CNc1ccc2c(c1)nc1n2CCOC1)c1nn[nH]n1. The van der Waals surface area contributed by atoms with Gasteiger partial charge in [0.2, 0.25) is 5.82 Å². The van der Waals surface area contributed by atoms with Gasteiger partial charge < -0.3 is 14.6 Å². The number of ether oxygens (including phenoxy) is 1. The normalized spacial score (nSPS) is 14.5. The van der Waals surface area contributed by atoms with Gasteiger partial charge in [-0.15, -0.1) is 10.2 Å². The zero-order valence-corrected chi connectivity index (χ0v) is 12.0. The Morgan fingerprint density at radius 1 is 1.48 bits per heavy atom. The van der Waals surface area contributed by atoms with Crippen molar-refractivity contribution < 1.29 is 4.74 Å². The molecule has 0 saturated heterocycles. The highest BCUT2D eigenvalue weighted by Crippen LogP contribution is 2.23. The van der Waals surface area contributed by atoms with Crippen molar-refractivity contribution in [2.75, 3.05) is 11.9 Å². The second-order valence-electron chi connectivity index (χ2n) is 4.99. The first-order chi connectivity index (χ1) is 11.3. The zero-order chi connectivity index (χ0) is 15.6. The zero-order valence-electron chi connectivity index (χ0n) is 12.0. The van der Waals surface area contributed by atoms with E-state index in [0.717, 1.165) is 29.1 Å². The van der Waals surface area contributed by atoms with Crippen molar-refractivity contribution in [3.63, 3.8) is 0 Å². The van der Waals surface area contributed by atoms with E-state index in [1.807, 2.05) is 24.3 Å². The lowest BCUT2D eigenvalue weighted by atomic mass is 10.2. The Hall–Kier alpha value is -3.25. The lowest BCUT2D eigenvalue weighted by Gasteiger charge is -2.14. The van der Waals surface area contributed by atoms with Crippen LogP contribution in [0.2, 0.25) is 0 Å². The van der Waals surface area contributed by atoms with Crippen LogP contribution in [0.3, 0.4) is 0 Å². The van der Waals surface area contributed by atoms with Gasteiger partial charge >= 0.3 is 0 Å². The molecule has 0 unspecified atom stereocenters. The van der Waals surface area contributed by atoms with E-state index in [2.05, 4.69) is 35.5 Å². The third-order valence-electron chi connectivity index (χ3n) is 3.61. The molecule has 9 nitrogen and oxygen atoms in total. The lowest BCUT2D eigenvalue weighted by molar-refractivity contribution is 0.0830. The molecule has 1 aliphatic heterocycles. The average Bonchev–Trinajstić information content (AvgIpc) is 3.22. The van der Waals surface area contributed by atoms with E-state index in [9.17, 15) is 0 Å². The van der Waals surface area contributed by atoms with Gasteiger partial charge in [-0.3, -0.25) is 0 Å². The molecule has 1 aromatic carbocycles. The summed E-state index contributed by atoms with van der Waals surface area (Å²) in [5, 5.41) is 25.6. The van der Waals surface area contributed by atoms with Crippen molar-refractivity contribution in [1.82, 2.24) is 30.2 Å². The first-order valence-corrected chi connectivity index (χ1v) is 7.02. The Labute approximate surface area is 130 Å². The van der Waals surface area contributed by atoms with E-state index in [1.54, 1.807) is 6.20 Å². The summed E-state index contributed by atoms with van der Waals surface area (Å²) in [7, 11) is 0. The number of hydrogen-bond donors (Lipinski definition) is 2. The molecule has 9 heteroatoms. The third-order valence-corrected chi connectivity index (χ3v) is 3.61. The molecule has 1 aliphatic rings. The number of anilines is 1. The molecule has 0 fully saturated rings. The smallest absolute Gasteiger partial charge is 0.216 e. The highest BCUT2D eigenvalue weighted by Gasteiger charge is 2.14. The molecule has 0 amide bonds. The van der Waals surface area contributed by atoms with Crippen LogP contribution in [0.25, 0.3) is 16.6 Å². The van der Waals surface area contributed by atoms with Gasteiger partial charge in [0, 0.05) is 18.4 Å². The number of tetrazole rings is 1. The average molecular weight is 308 g/mol.